The molecule has 140 valence electrons. The van der Waals surface area contributed by atoms with E-state index in [-0.39, 0.29) is 18.2 Å². The maximum absolute atomic E-state index is 12.6. The van der Waals surface area contributed by atoms with Gasteiger partial charge in [0.15, 0.2) is 5.13 Å². The topological polar surface area (TPSA) is 71.5 Å². The van der Waals surface area contributed by atoms with Crippen LogP contribution in [0.15, 0.2) is 35.7 Å². The summed E-state index contributed by atoms with van der Waals surface area (Å²) in [6.07, 6.45) is 0.216. The largest absolute Gasteiger partial charge is 0.383 e. The highest BCUT2D eigenvalue weighted by Crippen LogP contribution is 2.17. The van der Waals surface area contributed by atoms with Gasteiger partial charge in [0.2, 0.25) is 5.91 Å². The number of nitrogens with one attached hydrogen (secondary N) is 1. The van der Waals surface area contributed by atoms with E-state index in [2.05, 4.69) is 24.1 Å². The van der Waals surface area contributed by atoms with Crippen LogP contribution in [0.4, 0.5) is 5.13 Å². The number of rotatable bonds is 9. The minimum atomic E-state index is -0.209. The van der Waals surface area contributed by atoms with E-state index in [9.17, 15) is 9.59 Å². The Kier molecular flexibility index (Phi) is 7.74. The third kappa shape index (κ3) is 6.24. The number of methoxy groups -OCH3 is 1. The first-order valence-electron chi connectivity index (χ1n) is 8.57. The summed E-state index contributed by atoms with van der Waals surface area (Å²) in [6, 6.07) is 8.96. The molecule has 1 aromatic heterocycles. The first kappa shape index (κ1) is 20.1. The monoisotopic (exact) mass is 375 g/mol. The van der Waals surface area contributed by atoms with Crippen LogP contribution in [0.2, 0.25) is 0 Å². The van der Waals surface area contributed by atoms with Gasteiger partial charge < -0.3 is 9.64 Å². The van der Waals surface area contributed by atoms with Gasteiger partial charge in [0.25, 0.3) is 5.91 Å². The van der Waals surface area contributed by atoms with Crippen molar-refractivity contribution in [3.8, 4) is 0 Å². The Hall–Kier alpha value is -2.25. The lowest BCUT2D eigenvalue weighted by Crippen LogP contribution is -2.37. The first-order valence-corrected chi connectivity index (χ1v) is 9.45. The maximum atomic E-state index is 12.6. The number of hydrogen-bond donors (Lipinski definition) is 1. The smallest absolute Gasteiger partial charge is 0.257 e. The van der Waals surface area contributed by atoms with Gasteiger partial charge in [0.05, 0.1) is 18.7 Å². The fraction of sp³-hybridized carbons (Fsp3) is 0.421. The van der Waals surface area contributed by atoms with Gasteiger partial charge in [-0.3, -0.25) is 14.9 Å². The van der Waals surface area contributed by atoms with Gasteiger partial charge in [-0.05, 0) is 18.1 Å². The molecule has 0 aliphatic rings. The Morgan fingerprint density at radius 2 is 2.00 bits per heavy atom. The molecule has 0 aliphatic carbocycles. The lowest BCUT2D eigenvalue weighted by atomic mass is 10.2. The summed E-state index contributed by atoms with van der Waals surface area (Å²) in [6.45, 7) is 5.91. The van der Waals surface area contributed by atoms with Gasteiger partial charge in [-0.15, -0.1) is 11.3 Å². The number of thiazole rings is 1. The minimum absolute atomic E-state index is 0.0157. The van der Waals surface area contributed by atoms with Crippen LogP contribution in [0.25, 0.3) is 0 Å². The van der Waals surface area contributed by atoms with E-state index >= 15 is 0 Å². The highest BCUT2D eigenvalue weighted by molar-refractivity contribution is 7.14. The van der Waals surface area contributed by atoms with Crippen LogP contribution >= 0.6 is 11.3 Å². The van der Waals surface area contributed by atoms with Crippen LogP contribution < -0.4 is 5.32 Å². The summed E-state index contributed by atoms with van der Waals surface area (Å²) in [7, 11) is 1.63. The fourth-order valence-corrected chi connectivity index (χ4v) is 3.14. The number of nitrogens with zero attached hydrogens (tertiary/aromatic N) is 2. The third-order valence-electron chi connectivity index (χ3n) is 3.64. The van der Waals surface area contributed by atoms with Gasteiger partial charge >= 0.3 is 0 Å². The maximum Gasteiger partial charge on any atom is 0.257 e. The molecular weight excluding hydrogens is 350 g/mol. The molecular formula is C19H25N3O3S. The van der Waals surface area contributed by atoms with Crippen molar-refractivity contribution in [3.63, 3.8) is 0 Å². The Morgan fingerprint density at radius 1 is 1.27 bits per heavy atom. The number of benzene rings is 1. The number of hydrogen-bond acceptors (Lipinski definition) is 5. The van der Waals surface area contributed by atoms with Crippen LogP contribution in [0.1, 0.15) is 29.9 Å². The summed E-state index contributed by atoms with van der Waals surface area (Å²) in [5.41, 5.74) is 1.23. The zero-order valence-electron chi connectivity index (χ0n) is 15.4. The molecule has 2 aromatic rings. The molecule has 0 radical (unpaired) electrons. The molecule has 1 heterocycles. The summed E-state index contributed by atoms with van der Waals surface area (Å²) in [4.78, 5) is 30.9. The van der Waals surface area contributed by atoms with Crippen LogP contribution in [0.3, 0.4) is 0 Å². The number of amides is 2. The molecule has 0 aliphatic heterocycles. The Bertz CT molecular complexity index is 716. The summed E-state index contributed by atoms with van der Waals surface area (Å²) in [5.74, 6) is 0.188. The van der Waals surface area contributed by atoms with Crippen molar-refractivity contribution in [2.75, 3.05) is 32.1 Å². The van der Waals surface area contributed by atoms with E-state index < -0.39 is 0 Å². The number of anilines is 1. The third-order valence-corrected chi connectivity index (χ3v) is 4.45. The van der Waals surface area contributed by atoms with Crippen molar-refractivity contribution in [3.05, 3.63) is 47.0 Å². The molecule has 0 saturated carbocycles. The molecule has 1 aromatic carbocycles. The molecule has 0 fully saturated rings. The first-order chi connectivity index (χ1) is 12.5. The molecule has 1 N–H and O–H groups in total. The van der Waals surface area contributed by atoms with E-state index in [4.69, 9.17) is 4.74 Å². The molecule has 0 bridgehead atoms. The average Bonchev–Trinajstić information content (AvgIpc) is 3.05. The van der Waals surface area contributed by atoms with Crippen molar-refractivity contribution in [1.29, 1.82) is 0 Å². The second-order valence-electron chi connectivity index (χ2n) is 6.37. The van der Waals surface area contributed by atoms with Crippen LogP contribution in [-0.2, 0) is 16.0 Å². The van der Waals surface area contributed by atoms with Crippen LogP contribution in [0, 0.1) is 5.92 Å². The Balaban J connectivity index is 1.95. The highest BCUT2D eigenvalue weighted by atomic mass is 32.1. The molecule has 2 rings (SSSR count). The second-order valence-corrected chi connectivity index (χ2v) is 7.23. The second kappa shape index (κ2) is 10.0. The molecule has 0 unspecified atom stereocenters. The predicted octanol–water partition coefficient (Wildman–Crippen LogP) is 3.07. The van der Waals surface area contributed by atoms with Gasteiger partial charge in [-0.1, -0.05) is 32.0 Å². The molecule has 2 amide bonds. The van der Waals surface area contributed by atoms with Crippen molar-refractivity contribution < 1.29 is 14.3 Å². The number of carbonyl (C=O) groups is 2. The van der Waals surface area contributed by atoms with Gasteiger partial charge in [0, 0.05) is 31.1 Å². The highest BCUT2D eigenvalue weighted by Gasteiger charge is 2.17. The number of ether oxygens (including phenoxy) is 1. The SMILES string of the molecule is COCCN(CC(C)C)C(=O)Cc1csc(NC(=O)c2ccccc2)n1. The van der Waals surface area contributed by atoms with Gasteiger partial charge in [0.1, 0.15) is 0 Å². The lowest BCUT2D eigenvalue weighted by Gasteiger charge is -2.24. The molecule has 6 nitrogen and oxygen atoms in total. The number of aromatic nitrogens is 1. The van der Waals surface area contributed by atoms with E-state index in [0.29, 0.717) is 42.0 Å². The number of carbonyl (C=O) groups excluding carboxylic acids is 2. The molecule has 0 atom stereocenters. The predicted molar refractivity (Wildman–Crippen MR) is 104 cm³/mol. The summed E-state index contributed by atoms with van der Waals surface area (Å²) >= 11 is 1.32. The lowest BCUT2D eigenvalue weighted by molar-refractivity contribution is -0.131. The van der Waals surface area contributed by atoms with Crippen molar-refractivity contribution in [2.24, 2.45) is 5.92 Å². The summed E-state index contributed by atoms with van der Waals surface area (Å²) in [5, 5.41) is 5.07. The van der Waals surface area contributed by atoms with E-state index in [1.54, 1.807) is 24.1 Å². The quantitative estimate of drug-likeness (QED) is 0.731. The van der Waals surface area contributed by atoms with Crippen molar-refractivity contribution in [2.45, 2.75) is 20.3 Å². The molecule has 26 heavy (non-hydrogen) atoms. The van der Waals surface area contributed by atoms with Crippen molar-refractivity contribution in [1.82, 2.24) is 9.88 Å². The molecule has 0 saturated heterocycles. The fourth-order valence-electron chi connectivity index (χ4n) is 2.43. The zero-order chi connectivity index (χ0) is 18.9. The normalized spacial score (nSPS) is 10.8. The van der Waals surface area contributed by atoms with Crippen LogP contribution in [-0.4, -0.2) is 48.5 Å². The van der Waals surface area contributed by atoms with Crippen molar-refractivity contribution >= 4 is 28.3 Å². The van der Waals surface area contributed by atoms with E-state index in [1.165, 1.54) is 11.3 Å². The van der Waals surface area contributed by atoms with E-state index in [0.717, 1.165) is 0 Å². The van der Waals surface area contributed by atoms with Gasteiger partial charge in [-0.25, -0.2) is 4.98 Å². The minimum Gasteiger partial charge on any atom is -0.383 e. The molecule has 0 spiro atoms. The molecule has 7 heteroatoms. The van der Waals surface area contributed by atoms with Crippen LogP contribution in [0.5, 0.6) is 0 Å². The standard InChI is InChI=1S/C19H25N3O3S/c1-14(2)12-22(9-10-25-3)17(23)11-16-13-26-19(20-16)21-18(24)15-7-5-4-6-8-15/h4-8,13-14H,9-12H2,1-3H3,(H,20,21,24). The Labute approximate surface area is 158 Å². The Morgan fingerprint density at radius 3 is 2.65 bits per heavy atom. The summed E-state index contributed by atoms with van der Waals surface area (Å²) < 4.78 is 5.09. The zero-order valence-corrected chi connectivity index (χ0v) is 16.2. The van der Waals surface area contributed by atoms with E-state index in [1.807, 2.05) is 23.6 Å². The average molecular weight is 375 g/mol. The van der Waals surface area contributed by atoms with Gasteiger partial charge in [-0.2, -0.15) is 0 Å².